The number of carbonyl (C=O) groups excluding carboxylic acids is 1. The Hall–Kier alpha value is -0.610. The van der Waals surface area contributed by atoms with E-state index in [1.54, 1.807) is 0 Å². The number of hydrogen-bond acceptors (Lipinski definition) is 3. The monoisotopic (exact) mass is 268 g/mol. The quantitative estimate of drug-likeness (QED) is 0.830. The lowest BCUT2D eigenvalue weighted by molar-refractivity contribution is -0.134. The van der Waals surface area contributed by atoms with Crippen LogP contribution in [0.25, 0.3) is 0 Å². The van der Waals surface area contributed by atoms with Gasteiger partial charge in [-0.05, 0) is 43.4 Å². The number of ether oxygens (including phenoxy) is 1. The maximum atomic E-state index is 12.5. The van der Waals surface area contributed by atoms with Crippen molar-refractivity contribution in [2.24, 2.45) is 17.1 Å². The maximum absolute atomic E-state index is 12.5. The number of carbonyl (C=O) groups is 1. The lowest BCUT2D eigenvalue weighted by atomic mass is 9.85. The Morgan fingerprint density at radius 2 is 1.95 bits per heavy atom. The van der Waals surface area contributed by atoms with E-state index >= 15 is 0 Å². The van der Waals surface area contributed by atoms with Crippen LogP contribution in [0.5, 0.6) is 0 Å². The molecule has 0 aromatic rings. The van der Waals surface area contributed by atoms with Gasteiger partial charge in [-0.2, -0.15) is 0 Å². The number of rotatable bonds is 2. The second-order valence-corrected chi connectivity index (χ2v) is 6.82. The molecule has 2 fully saturated rings. The predicted molar refractivity (Wildman–Crippen MR) is 75.7 cm³/mol. The fourth-order valence-electron chi connectivity index (χ4n) is 3.13. The van der Waals surface area contributed by atoms with Crippen LogP contribution >= 0.6 is 0 Å². The zero-order valence-corrected chi connectivity index (χ0v) is 12.4. The lowest BCUT2D eigenvalue weighted by Gasteiger charge is -2.31. The molecule has 1 amide bonds. The van der Waals surface area contributed by atoms with Crippen molar-refractivity contribution >= 4 is 5.91 Å². The summed E-state index contributed by atoms with van der Waals surface area (Å²) in [6.07, 6.45) is 5.22. The van der Waals surface area contributed by atoms with Crippen LogP contribution in [-0.2, 0) is 9.53 Å². The van der Waals surface area contributed by atoms with Gasteiger partial charge in [0.25, 0.3) is 0 Å². The van der Waals surface area contributed by atoms with Crippen LogP contribution in [0.3, 0.4) is 0 Å². The second-order valence-electron chi connectivity index (χ2n) is 6.82. The Kier molecular flexibility index (Phi) is 4.85. The molecule has 1 unspecified atom stereocenters. The molecule has 2 rings (SSSR count). The first-order valence-corrected chi connectivity index (χ1v) is 7.62. The molecule has 2 heterocycles. The van der Waals surface area contributed by atoms with Crippen molar-refractivity contribution < 1.29 is 9.53 Å². The molecule has 0 spiro atoms. The molecule has 2 aliphatic rings. The largest absolute Gasteiger partial charge is 0.381 e. The minimum atomic E-state index is -0.329. The highest BCUT2D eigenvalue weighted by molar-refractivity contribution is 5.82. The van der Waals surface area contributed by atoms with E-state index in [1.807, 2.05) is 4.90 Å². The summed E-state index contributed by atoms with van der Waals surface area (Å²) in [4.78, 5) is 14.5. The van der Waals surface area contributed by atoms with Gasteiger partial charge in [0.15, 0.2) is 0 Å². The van der Waals surface area contributed by atoms with E-state index in [0.29, 0.717) is 11.3 Å². The smallest absolute Gasteiger partial charge is 0.239 e. The average Bonchev–Trinajstić information content (AvgIpc) is 2.59. The SMILES string of the molecule is CC1(C)CCCN(C(=O)C(N)C2CCOCC2)CC1. The molecule has 2 aliphatic heterocycles. The molecule has 4 nitrogen and oxygen atoms in total. The average molecular weight is 268 g/mol. The Bertz CT molecular complexity index is 311. The third-order valence-electron chi connectivity index (χ3n) is 4.71. The molecule has 0 bridgehead atoms. The zero-order valence-electron chi connectivity index (χ0n) is 12.4. The first kappa shape index (κ1) is 14.8. The van der Waals surface area contributed by atoms with Crippen LogP contribution < -0.4 is 5.73 Å². The highest BCUT2D eigenvalue weighted by Gasteiger charge is 2.32. The van der Waals surface area contributed by atoms with Crippen LogP contribution in [0, 0.1) is 11.3 Å². The number of amides is 1. The minimum absolute atomic E-state index is 0.157. The Balaban J connectivity index is 1.91. The number of hydrogen-bond donors (Lipinski definition) is 1. The van der Waals surface area contributed by atoms with Crippen molar-refractivity contribution in [3.05, 3.63) is 0 Å². The van der Waals surface area contributed by atoms with Crippen LogP contribution in [0.15, 0.2) is 0 Å². The molecule has 110 valence electrons. The molecule has 2 saturated heterocycles. The predicted octanol–water partition coefficient (Wildman–Crippen LogP) is 1.78. The molecule has 0 aromatic carbocycles. The molecular formula is C15H28N2O2. The van der Waals surface area contributed by atoms with Crippen molar-refractivity contribution in [3.8, 4) is 0 Å². The zero-order chi connectivity index (χ0) is 13.9. The van der Waals surface area contributed by atoms with Gasteiger partial charge in [0.05, 0.1) is 6.04 Å². The van der Waals surface area contributed by atoms with E-state index in [2.05, 4.69) is 13.8 Å². The lowest BCUT2D eigenvalue weighted by Crippen LogP contribution is -2.49. The Labute approximate surface area is 116 Å². The van der Waals surface area contributed by atoms with Gasteiger partial charge in [-0.25, -0.2) is 0 Å². The molecule has 0 radical (unpaired) electrons. The first-order chi connectivity index (χ1) is 8.99. The van der Waals surface area contributed by atoms with Crippen LogP contribution in [-0.4, -0.2) is 43.2 Å². The van der Waals surface area contributed by atoms with Crippen LogP contribution in [0.4, 0.5) is 0 Å². The molecule has 0 aromatic heterocycles. The van der Waals surface area contributed by atoms with E-state index in [0.717, 1.165) is 52.0 Å². The summed E-state index contributed by atoms with van der Waals surface area (Å²) in [5.41, 5.74) is 6.55. The molecule has 4 heteroatoms. The number of likely N-dealkylation sites (tertiary alicyclic amines) is 1. The first-order valence-electron chi connectivity index (χ1n) is 7.62. The van der Waals surface area contributed by atoms with Gasteiger partial charge in [0, 0.05) is 26.3 Å². The summed E-state index contributed by atoms with van der Waals surface area (Å²) in [6, 6.07) is -0.329. The van der Waals surface area contributed by atoms with Gasteiger partial charge >= 0.3 is 0 Å². The summed E-state index contributed by atoms with van der Waals surface area (Å²) < 4.78 is 5.34. The van der Waals surface area contributed by atoms with Crippen molar-refractivity contribution in [2.45, 2.75) is 52.0 Å². The molecule has 2 N–H and O–H groups in total. The van der Waals surface area contributed by atoms with Crippen molar-refractivity contribution in [1.29, 1.82) is 0 Å². The highest BCUT2D eigenvalue weighted by Crippen LogP contribution is 2.30. The number of nitrogens with two attached hydrogens (primary N) is 1. The third-order valence-corrected chi connectivity index (χ3v) is 4.71. The topological polar surface area (TPSA) is 55.6 Å². The summed E-state index contributed by atoms with van der Waals surface area (Å²) in [5.74, 6) is 0.460. The van der Waals surface area contributed by atoms with E-state index < -0.39 is 0 Å². The molecular weight excluding hydrogens is 240 g/mol. The fraction of sp³-hybridized carbons (Fsp3) is 0.933. The van der Waals surface area contributed by atoms with Crippen LogP contribution in [0.1, 0.15) is 46.0 Å². The van der Waals surface area contributed by atoms with E-state index in [1.165, 1.54) is 6.42 Å². The van der Waals surface area contributed by atoms with Gasteiger partial charge in [0.1, 0.15) is 0 Å². The van der Waals surface area contributed by atoms with Crippen molar-refractivity contribution in [1.82, 2.24) is 4.90 Å². The normalized spacial score (nSPS) is 26.8. The maximum Gasteiger partial charge on any atom is 0.239 e. The van der Waals surface area contributed by atoms with Gasteiger partial charge < -0.3 is 15.4 Å². The van der Waals surface area contributed by atoms with E-state index in [-0.39, 0.29) is 11.9 Å². The van der Waals surface area contributed by atoms with E-state index in [9.17, 15) is 4.79 Å². The molecule has 1 atom stereocenters. The molecule has 19 heavy (non-hydrogen) atoms. The highest BCUT2D eigenvalue weighted by atomic mass is 16.5. The summed E-state index contributed by atoms with van der Waals surface area (Å²) >= 11 is 0. The van der Waals surface area contributed by atoms with E-state index in [4.69, 9.17) is 10.5 Å². The van der Waals surface area contributed by atoms with Gasteiger partial charge in [-0.3, -0.25) is 4.79 Å². The summed E-state index contributed by atoms with van der Waals surface area (Å²) in [7, 11) is 0. The number of nitrogens with zero attached hydrogens (tertiary/aromatic N) is 1. The molecule has 0 saturated carbocycles. The van der Waals surface area contributed by atoms with Gasteiger partial charge in [0.2, 0.25) is 5.91 Å². The standard InChI is InChI=1S/C15H28N2O2/c1-15(2)6-3-8-17(9-7-15)14(18)13(16)12-4-10-19-11-5-12/h12-13H,3-11,16H2,1-2H3. The van der Waals surface area contributed by atoms with Crippen molar-refractivity contribution in [3.63, 3.8) is 0 Å². The van der Waals surface area contributed by atoms with Crippen LogP contribution in [0.2, 0.25) is 0 Å². The third kappa shape index (κ3) is 3.93. The summed E-state index contributed by atoms with van der Waals surface area (Å²) in [6.45, 7) is 7.82. The minimum Gasteiger partial charge on any atom is -0.381 e. The Morgan fingerprint density at radius 3 is 2.63 bits per heavy atom. The van der Waals surface area contributed by atoms with Crippen molar-refractivity contribution in [2.75, 3.05) is 26.3 Å². The van der Waals surface area contributed by atoms with Gasteiger partial charge in [-0.15, -0.1) is 0 Å². The molecule has 0 aliphatic carbocycles. The van der Waals surface area contributed by atoms with Gasteiger partial charge in [-0.1, -0.05) is 13.8 Å². The Morgan fingerprint density at radius 1 is 1.26 bits per heavy atom. The summed E-state index contributed by atoms with van der Waals surface area (Å²) in [5, 5.41) is 0. The second kappa shape index (κ2) is 6.23. The fourth-order valence-corrected chi connectivity index (χ4v) is 3.13.